The Morgan fingerprint density at radius 2 is 1.45 bits per heavy atom. The van der Waals surface area contributed by atoms with E-state index in [4.69, 9.17) is 0 Å². The Morgan fingerprint density at radius 1 is 0.818 bits per heavy atom. The van der Waals surface area contributed by atoms with E-state index in [9.17, 15) is 5.26 Å². The van der Waals surface area contributed by atoms with Crippen LogP contribution in [0, 0.1) is 18.3 Å². The van der Waals surface area contributed by atoms with E-state index in [1.165, 1.54) is 33.4 Å². The average Bonchev–Trinajstić information content (AvgIpc) is 3.19. The Morgan fingerprint density at radius 3 is 2.00 bits per heavy atom. The van der Waals surface area contributed by atoms with Gasteiger partial charge in [0.2, 0.25) is 6.20 Å². The molecule has 0 aliphatic carbocycles. The normalized spacial score (nSPS) is 11.2. The second-order valence-corrected chi connectivity index (χ2v) is 9.45. The molecule has 0 fully saturated rings. The van der Waals surface area contributed by atoms with Crippen molar-refractivity contribution < 1.29 is 4.68 Å². The molecule has 3 aromatic carbocycles. The summed E-state index contributed by atoms with van der Waals surface area (Å²) >= 11 is 0. The number of aromatic nitrogens is 2. The molecule has 3 heteroatoms. The summed E-state index contributed by atoms with van der Waals surface area (Å²) in [7, 11) is 2.07. The zero-order valence-corrected chi connectivity index (χ0v) is 20.4. The van der Waals surface area contributed by atoms with Crippen LogP contribution < -0.4 is 4.68 Å². The van der Waals surface area contributed by atoms with E-state index >= 15 is 0 Å². The van der Waals surface area contributed by atoms with E-state index in [1.807, 2.05) is 18.2 Å². The van der Waals surface area contributed by atoms with Crippen LogP contribution in [0.15, 0.2) is 73.1 Å². The predicted octanol–water partition coefficient (Wildman–Crippen LogP) is 7.06. The van der Waals surface area contributed by atoms with Crippen molar-refractivity contribution in [2.75, 3.05) is 0 Å². The summed E-state index contributed by atoms with van der Waals surface area (Å²) in [5, 5.41) is 9.24. The maximum Gasteiger partial charge on any atom is 0.203 e. The number of nitrogens with zero attached hydrogens (tertiary/aromatic N) is 3. The highest BCUT2D eigenvalue weighted by atomic mass is 15.4. The largest absolute Gasteiger partial charge is 0.203 e. The Kier molecular flexibility index (Phi) is 6.20. The minimum absolute atomic E-state index is 0.395. The smallest absolute Gasteiger partial charge is 0.192 e. The number of benzene rings is 3. The van der Waals surface area contributed by atoms with E-state index in [0.29, 0.717) is 17.4 Å². The molecule has 0 aliphatic rings. The van der Waals surface area contributed by atoms with Gasteiger partial charge >= 0.3 is 0 Å². The third-order valence-corrected chi connectivity index (χ3v) is 6.34. The molecule has 0 aliphatic heterocycles. The van der Waals surface area contributed by atoms with Gasteiger partial charge < -0.3 is 0 Å². The van der Waals surface area contributed by atoms with Crippen LogP contribution in [-0.4, -0.2) is 4.68 Å². The van der Waals surface area contributed by atoms with Gasteiger partial charge in [-0.15, -0.1) is 9.36 Å². The van der Waals surface area contributed by atoms with Crippen molar-refractivity contribution in [1.29, 1.82) is 5.26 Å². The van der Waals surface area contributed by atoms with Gasteiger partial charge in [-0.2, -0.15) is 5.26 Å². The van der Waals surface area contributed by atoms with Gasteiger partial charge in [0.15, 0.2) is 7.05 Å². The van der Waals surface area contributed by atoms with Gasteiger partial charge in [0.05, 0.1) is 23.4 Å². The first-order valence-corrected chi connectivity index (χ1v) is 11.6. The molecule has 0 saturated heterocycles. The first kappa shape index (κ1) is 22.6. The van der Waals surface area contributed by atoms with Gasteiger partial charge in [0.1, 0.15) is 5.69 Å². The number of rotatable bonds is 5. The van der Waals surface area contributed by atoms with E-state index in [-0.39, 0.29) is 0 Å². The molecule has 1 heterocycles. The summed E-state index contributed by atoms with van der Waals surface area (Å²) < 4.78 is 4.30. The van der Waals surface area contributed by atoms with Crippen LogP contribution in [0.4, 0.5) is 0 Å². The highest BCUT2D eigenvalue weighted by Crippen LogP contribution is 2.39. The Hall–Kier alpha value is -3.64. The lowest BCUT2D eigenvalue weighted by molar-refractivity contribution is -0.744. The van der Waals surface area contributed by atoms with Crippen LogP contribution in [0.1, 0.15) is 61.8 Å². The second-order valence-electron chi connectivity index (χ2n) is 9.45. The van der Waals surface area contributed by atoms with E-state index < -0.39 is 0 Å². The highest BCUT2D eigenvalue weighted by molar-refractivity contribution is 5.77. The molecule has 0 N–H and O–H groups in total. The minimum Gasteiger partial charge on any atom is -0.192 e. The van der Waals surface area contributed by atoms with E-state index in [1.54, 1.807) is 0 Å². The third-order valence-electron chi connectivity index (χ3n) is 6.34. The van der Waals surface area contributed by atoms with Crippen LogP contribution >= 0.6 is 0 Å². The van der Waals surface area contributed by atoms with Crippen molar-refractivity contribution >= 4 is 0 Å². The zero-order chi connectivity index (χ0) is 23.7. The Labute approximate surface area is 197 Å². The number of hydrogen-bond acceptors (Lipinski definition) is 1. The maximum atomic E-state index is 9.24. The van der Waals surface area contributed by atoms with Gasteiger partial charge in [-0.25, -0.2) is 0 Å². The lowest BCUT2D eigenvalue weighted by Gasteiger charge is -2.20. The fraction of sp³-hybridized carbons (Fsp3) is 0.267. The standard InChI is InChI=1S/C30H32N3/c1-20(2)27-15-25(24-10-8-7-9-11-24)16-28(21(3)4)30(27)26-18-32(6)33(19-26)29-13-12-23(17-31)14-22(29)5/h7-16,18-21H,1-6H3/q+1. The molecule has 0 spiro atoms. The maximum absolute atomic E-state index is 9.24. The number of nitriles is 1. The van der Waals surface area contributed by atoms with Crippen LogP contribution in [0.25, 0.3) is 27.9 Å². The summed E-state index contributed by atoms with van der Waals surface area (Å²) in [6, 6.07) is 23.5. The highest BCUT2D eigenvalue weighted by Gasteiger charge is 2.23. The summed E-state index contributed by atoms with van der Waals surface area (Å²) in [4.78, 5) is 0. The molecule has 1 aromatic heterocycles. The quantitative estimate of drug-likeness (QED) is 0.309. The Balaban J connectivity index is 1.92. The van der Waals surface area contributed by atoms with Crippen molar-refractivity contribution in [3.63, 3.8) is 0 Å². The van der Waals surface area contributed by atoms with E-state index in [2.05, 4.69) is 112 Å². The molecule has 0 atom stereocenters. The topological polar surface area (TPSA) is 32.6 Å². The zero-order valence-electron chi connectivity index (χ0n) is 20.4. The monoisotopic (exact) mass is 434 g/mol. The Bertz CT molecular complexity index is 1310. The van der Waals surface area contributed by atoms with Crippen molar-refractivity contribution in [2.24, 2.45) is 7.05 Å². The summed E-state index contributed by atoms with van der Waals surface area (Å²) in [6.07, 6.45) is 4.44. The number of aryl methyl sites for hydroxylation is 2. The SMILES string of the molecule is Cc1cc(C#N)ccc1-n1cc(-c2c(C(C)C)cc(-c3ccccc3)cc2C(C)C)c[n+]1C. The minimum atomic E-state index is 0.395. The van der Waals surface area contributed by atoms with Gasteiger partial charge in [-0.1, -0.05) is 70.2 Å². The van der Waals surface area contributed by atoms with Crippen molar-refractivity contribution in [3.05, 3.63) is 95.3 Å². The summed E-state index contributed by atoms with van der Waals surface area (Å²) in [5.74, 6) is 0.790. The van der Waals surface area contributed by atoms with E-state index in [0.717, 1.165) is 11.3 Å². The molecule has 0 unspecified atom stereocenters. The molecular weight excluding hydrogens is 402 g/mol. The molecule has 4 rings (SSSR count). The molecular formula is C30H32N3+. The fourth-order valence-corrected chi connectivity index (χ4v) is 4.60. The van der Waals surface area contributed by atoms with Crippen LogP contribution in [0.2, 0.25) is 0 Å². The van der Waals surface area contributed by atoms with Gasteiger partial charge in [-0.05, 0) is 70.3 Å². The molecule has 33 heavy (non-hydrogen) atoms. The van der Waals surface area contributed by atoms with Crippen molar-refractivity contribution in [1.82, 2.24) is 4.68 Å². The van der Waals surface area contributed by atoms with Crippen LogP contribution in [0.3, 0.4) is 0 Å². The fourth-order valence-electron chi connectivity index (χ4n) is 4.60. The number of hydrogen-bond donors (Lipinski definition) is 0. The molecule has 3 nitrogen and oxygen atoms in total. The lowest BCUT2D eigenvalue weighted by atomic mass is 9.83. The summed E-state index contributed by atoms with van der Waals surface area (Å²) in [5.41, 5.74) is 10.7. The molecule has 0 radical (unpaired) electrons. The summed E-state index contributed by atoms with van der Waals surface area (Å²) in [6.45, 7) is 11.2. The van der Waals surface area contributed by atoms with Crippen molar-refractivity contribution in [2.45, 2.75) is 46.5 Å². The molecule has 4 aromatic rings. The predicted molar refractivity (Wildman–Crippen MR) is 135 cm³/mol. The van der Waals surface area contributed by atoms with Gasteiger partial charge in [0, 0.05) is 0 Å². The molecule has 0 amide bonds. The second kappa shape index (κ2) is 9.08. The molecule has 166 valence electrons. The van der Waals surface area contributed by atoms with Crippen LogP contribution in [-0.2, 0) is 7.05 Å². The van der Waals surface area contributed by atoms with Crippen molar-refractivity contribution in [3.8, 4) is 34.0 Å². The van der Waals surface area contributed by atoms with Gasteiger partial charge in [-0.3, -0.25) is 0 Å². The first-order valence-electron chi connectivity index (χ1n) is 11.6. The average molecular weight is 435 g/mol. The molecule has 0 saturated carbocycles. The lowest BCUT2D eigenvalue weighted by Crippen LogP contribution is -2.37. The van der Waals surface area contributed by atoms with Crippen LogP contribution in [0.5, 0.6) is 0 Å². The third kappa shape index (κ3) is 4.34. The molecule has 0 bridgehead atoms. The first-order chi connectivity index (χ1) is 15.8. The van der Waals surface area contributed by atoms with Gasteiger partial charge in [0.25, 0.3) is 0 Å².